The molecule has 2 aliphatic rings. The number of para-hydroxylation sites is 1. The second-order valence-electron chi connectivity index (χ2n) is 5.37. The van der Waals surface area contributed by atoms with Gasteiger partial charge in [-0.05, 0) is 17.5 Å². The first-order valence-electron chi connectivity index (χ1n) is 6.94. The first-order chi connectivity index (χ1) is 9.31. The summed E-state index contributed by atoms with van der Waals surface area (Å²) in [5, 5.41) is 3.50. The van der Waals surface area contributed by atoms with Crippen molar-refractivity contribution in [1.82, 2.24) is 4.90 Å². The van der Waals surface area contributed by atoms with Crippen LogP contribution >= 0.6 is 0 Å². The normalized spacial score (nSPS) is 26.4. The molecule has 1 saturated heterocycles. The molecule has 4 heteroatoms. The number of hydrogen-bond acceptors (Lipinski definition) is 4. The van der Waals surface area contributed by atoms with Crippen LogP contribution in [-0.4, -0.2) is 51.0 Å². The molecular weight excluding hydrogens is 240 g/mol. The van der Waals surface area contributed by atoms with Crippen molar-refractivity contribution in [2.24, 2.45) is 0 Å². The fourth-order valence-corrected chi connectivity index (χ4v) is 3.18. The molecule has 2 aliphatic heterocycles. The summed E-state index contributed by atoms with van der Waals surface area (Å²) in [6, 6.07) is 6.61. The monoisotopic (exact) mass is 262 g/mol. The van der Waals surface area contributed by atoms with Crippen molar-refractivity contribution >= 4 is 5.69 Å². The zero-order chi connectivity index (χ0) is 13.2. The van der Waals surface area contributed by atoms with Gasteiger partial charge in [0.15, 0.2) is 0 Å². The van der Waals surface area contributed by atoms with E-state index < -0.39 is 0 Å². The van der Waals surface area contributed by atoms with Crippen LogP contribution in [0.1, 0.15) is 11.1 Å². The molecule has 4 nitrogen and oxygen atoms in total. The van der Waals surface area contributed by atoms with Crippen LogP contribution < -0.4 is 5.32 Å². The van der Waals surface area contributed by atoms with Crippen molar-refractivity contribution in [3.05, 3.63) is 29.3 Å². The van der Waals surface area contributed by atoms with E-state index in [4.69, 9.17) is 9.47 Å². The smallest absolute Gasteiger partial charge is 0.0971 e. The van der Waals surface area contributed by atoms with Gasteiger partial charge in [-0.15, -0.1) is 0 Å². The summed E-state index contributed by atoms with van der Waals surface area (Å²) in [6.45, 7) is 3.92. The van der Waals surface area contributed by atoms with Gasteiger partial charge in [-0.1, -0.05) is 18.2 Å². The van der Waals surface area contributed by atoms with Gasteiger partial charge in [0.2, 0.25) is 0 Å². The number of methoxy groups -OCH3 is 2. The van der Waals surface area contributed by atoms with Gasteiger partial charge in [0.1, 0.15) is 0 Å². The summed E-state index contributed by atoms with van der Waals surface area (Å²) >= 11 is 0. The predicted molar refractivity (Wildman–Crippen MR) is 75.5 cm³/mol. The maximum absolute atomic E-state index is 5.49. The third-order valence-corrected chi connectivity index (χ3v) is 4.22. The Hall–Kier alpha value is -1.10. The maximum Gasteiger partial charge on any atom is 0.0971 e. The van der Waals surface area contributed by atoms with Crippen molar-refractivity contribution in [2.75, 3.05) is 39.2 Å². The summed E-state index contributed by atoms with van der Waals surface area (Å²) in [6.07, 6.45) is 1.52. The minimum absolute atomic E-state index is 0.190. The molecule has 0 spiro atoms. The molecule has 0 aliphatic carbocycles. The van der Waals surface area contributed by atoms with Crippen molar-refractivity contribution in [1.29, 1.82) is 0 Å². The van der Waals surface area contributed by atoms with E-state index >= 15 is 0 Å². The van der Waals surface area contributed by atoms with Crippen LogP contribution in [0, 0.1) is 0 Å². The molecule has 0 saturated carbocycles. The summed E-state index contributed by atoms with van der Waals surface area (Å²) in [5.41, 5.74) is 4.18. The van der Waals surface area contributed by atoms with E-state index in [1.54, 1.807) is 14.2 Å². The number of benzene rings is 1. The molecule has 0 bridgehead atoms. The lowest BCUT2D eigenvalue weighted by atomic mass is 10.1. The van der Waals surface area contributed by atoms with Gasteiger partial charge in [0, 0.05) is 46.1 Å². The van der Waals surface area contributed by atoms with E-state index in [1.165, 1.54) is 16.8 Å². The first-order valence-corrected chi connectivity index (χ1v) is 6.94. The molecule has 1 fully saturated rings. The fourth-order valence-electron chi connectivity index (χ4n) is 3.18. The minimum Gasteiger partial charge on any atom is -0.384 e. The molecule has 1 aromatic rings. The highest BCUT2D eigenvalue weighted by Crippen LogP contribution is 2.28. The number of hydrogen-bond donors (Lipinski definition) is 1. The molecule has 2 unspecified atom stereocenters. The second-order valence-corrected chi connectivity index (χ2v) is 5.37. The number of ether oxygens (including phenoxy) is 2. The minimum atomic E-state index is 0.190. The van der Waals surface area contributed by atoms with Crippen LogP contribution in [0.15, 0.2) is 18.2 Å². The van der Waals surface area contributed by atoms with Crippen molar-refractivity contribution < 1.29 is 9.47 Å². The molecule has 0 amide bonds. The molecule has 2 heterocycles. The van der Waals surface area contributed by atoms with E-state index in [0.717, 1.165) is 32.6 Å². The number of rotatable bonds is 4. The van der Waals surface area contributed by atoms with Gasteiger partial charge in [0.25, 0.3) is 0 Å². The van der Waals surface area contributed by atoms with Crippen LogP contribution in [0.3, 0.4) is 0 Å². The summed E-state index contributed by atoms with van der Waals surface area (Å²) in [5.74, 6) is 0. The number of nitrogens with one attached hydrogen (secondary N) is 1. The maximum atomic E-state index is 5.49. The Morgan fingerprint density at radius 1 is 1.21 bits per heavy atom. The summed E-state index contributed by atoms with van der Waals surface area (Å²) < 4.78 is 11.0. The van der Waals surface area contributed by atoms with E-state index in [2.05, 4.69) is 28.4 Å². The highest BCUT2D eigenvalue weighted by atomic mass is 16.5. The standard InChI is InChI=1S/C15H22N2O2/c1-18-13-9-17(10-14(13)19-2)8-12-5-3-4-11-6-7-16-15(11)12/h3-5,13-14,16H,6-10H2,1-2H3. The molecule has 19 heavy (non-hydrogen) atoms. The predicted octanol–water partition coefficient (Wildman–Crippen LogP) is 1.50. The van der Waals surface area contributed by atoms with E-state index in [-0.39, 0.29) is 12.2 Å². The Balaban J connectivity index is 1.71. The Morgan fingerprint density at radius 3 is 2.63 bits per heavy atom. The average Bonchev–Trinajstić information content (AvgIpc) is 3.04. The molecule has 104 valence electrons. The molecule has 3 rings (SSSR count). The Labute approximate surface area is 114 Å². The average molecular weight is 262 g/mol. The van der Waals surface area contributed by atoms with Gasteiger partial charge in [0.05, 0.1) is 12.2 Å². The lowest BCUT2D eigenvalue weighted by Crippen LogP contribution is -2.27. The number of anilines is 1. The molecule has 0 radical (unpaired) electrons. The van der Waals surface area contributed by atoms with Crippen molar-refractivity contribution in [3.8, 4) is 0 Å². The SMILES string of the molecule is COC1CN(Cc2cccc3c2NCC3)CC1OC. The highest BCUT2D eigenvalue weighted by Gasteiger charge is 2.33. The van der Waals surface area contributed by atoms with Gasteiger partial charge < -0.3 is 14.8 Å². The third-order valence-electron chi connectivity index (χ3n) is 4.22. The zero-order valence-electron chi connectivity index (χ0n) is 11.7. The fraction of sp³-hybridized carbons (Fsp3) is 0.600. The molecule has 1 aromatic carbocycles. The number of likely N-dealkylation sites (tertiary alicyclic amines) is 1. The topological polar surface area (TPSA) is 33.7 Å². The Bertz CT molecular complexity index is 438. The Kier molecular flexibility index (Phi) is 3.73. The van der Waals surface area contributed by atoms with Gasteiger partial charge in [-0.2, -0.15) is 0 Å². The van der Waals surface area contributed by atoms with E-state index in [1.807, 2.05) is 0 Å². The largest absolute Gasteiger partial charge is 0.384 e. The van der Waals surface area contributed by atoms with Crippen LogP contribution in [-0.2, 0) is 22.4 Å². The number of fused-ring (bicyclic) bond motifs is 1. The van der Waals surface area contributed by atoms with Crippen molar-refractivity contribution in [2.45, 2.75) is 25.2 Å². The van der Waals surface area contributed by atoms with E-state index in [0.29, 0.717) is 0 Å². The van der Waals surface area contributed by atoms with E-state index in [9.17, 15) is 0 Å². The van der Waals surface area contributed by atoms with Crippen LogP contribution in [0.5, 0.6) is 0 Å². The molecular formula is C15H22N2O2. The second kappa shape index (κ2) is 5.49. The van der Waals surface area contributed by atoms with Crippen molar-refractivity contribution in [3.63, 3.8) is 0 Å². The van der Waals surface area contributed by atoms with Crippen LogP contribution in [0.4, 0.5) is 5.69 Å². The van der Waals surface area contributed by atoms with Crippen LogP contribution in [0.2, 0.25) is 0 Å². The zero-order valence-corrected chi connectivity index (χ0v) is 11.7. The third kappa shape index (κ3) is 2.48. The summed E-state index contributed by atoms with van der Waals surface area (Å²) in [4.78, 5) is 2.41. The molecule has 1 N–H and O–H groups in total. The molecule has 2 atom stereocenters. The molecule has 0 aromatic heterocycles. The first kappa shape index (κ1) is 12.9. The summed E-state index contributed by atoms with van der Waals surface area (Å²) in [7, 11) is 3.53. The highest BCUT2D eigenvalue weighted by molar-refractivity contribution is 5.61. The van der Waals surface area contributed by atoms with Gasteiger partial charge in [-0.25, -0.2) is 0 Å². The van der Waals surface area contributed by atoms with Crippen LogP contribution in [0.25, 0.3) is 0 Å². The van der Waals surface area contributed by atoms with Gasteiger partial charge in [-0.3, -0.25) is 4.90 Å². The lowest BCUT2D eigenvalue weighted by Gasteiger charge is -2.17. The lowest BCUT2D eigenvalue weighted by molar-refractivity contribution is -0.00461. The Morgan fingerprint density at radius 2 is 1.95 bits per heavy atom. The van der Waals surface area contributed by atoms with Gasteiger partial charge >= 0.3 is 0 Å². The number of nitrogens with zero attached hydrogens (tertiary/aromatic N) is 1. The quantitative estimate of drug-likeness (QED) is 0.891.